The van der Waals surface area contributed by atoms with Gasteiger partial charge in [-0.15, -0.1) is 11.3 Å². The monoisotopic (exact) mass is 386 g/mol. The summed E-state index contributed by atoms with van der Waals surface area (Å²) in [5, 5.41) is 11.3. The van der Waals surface area contributed by atoms with Gasteiger partial charge in [0.25, 0.3) is 0 Å². The van der Waals surface area contributed by atoms with E-state index >= 15 is 0 Å². The average molecular weight is 386 g/mol. The van der Waals surface area contributed by atoms with E-state index in [1.54, 1.807) is 11.3 Å². The number of likely N-dealkylation sites (N-methyl/N-ethyl adjacent to an activating group) is 1. The van der Waals surface area contributed by atoms with E-state index in [4.69, 9.17) is 14.2 Å². The summed E-state index contributed by atoms with van der Waals surface area (Å²) >= 11 is 1.69. The van der Waals surface area contributed by atoms with Crippen LogP contribution in [0.4, 0.5) is 0 Å². The van der Waals surface area contributed by atoms with E-state index in [9.17, 15) is 5.11 Å². The van der Waals surface area contributed by atoms with E-state index in [0.29, 0.717) is 19.7 Å². The molecule has 2 aromatic carbocycles. The summed E-state index contributed by atoms with van der Waals surface area (Å²) in [6.45, 7) is 2.20. The standard InChI is InChI=1S/C20H22N2O4S/c1-22(10-20-21-16-4-2-3-5-19(16)27-20)9-15(23)12-24-11-14-6-7-17-18(8-14)26-13-25-17/h2-8,15,23H,9-13H2,1H3/t15-/m1/s1. The Morgan fingerprint density at radius 1 is 1.22 bits per heavy atom. The Morgan fingerprint density at radius 3 is 2.96 bits per heavy atom. The van der Waals surface area contributed by atoms with Crippen LogP contribution in [0.5, 0.6) is 11.5 Å². The van der Waals surface area contributed by atoms with E-state index in [1.807, 2.05) is 43.4 Å². The van der Waals surface area contributed by atoms with E-state index in [1.165, 1.54) is 4.70 Å². The number of aliphatic hydroxyl groups excluding tert-OH is 1. The van der Waals surface area contributed by atoms with Crippen LogP contribution < -0.4 is 9.47 Å². The summed E-state index contributed by atoms with van der Waals surface area (Å²) in [6.07, 6.45) is -0.557. The van der Waals surface area contributed by atoms with E-state index in [-0.39, 0.29) is 13.4 Å². The molecule has 27 heavy (non-hydrogen) atoms. The van der Waals surface area contributed by atoms with Crippen molar-refractivity contribution in [1.29, 1.82) is 0 Å². The number of rotatable bonds is 8. The van der Waals surface area contributed by atoms with Crippen molar-refractivity contribution in [2.75, 3.05) is 27.0 Å². The fourth-order valence-electron chi connectivity index (χ4n) is 3.04. The van der Waals surface area contributed by atoms with Crippen LogP contribution in [-0.4, -0.2) is 48.1 Å². The molecule has 0 saturated carbocycles. The lowest BCUT2D eigenvalue weighted by Crippen LogP contribution is -2.31. The maximum atomic E-state index is 10.2. The molecule has 142 valence electrons. The molecule has 0 saturated heterocycles. The molecule has 6 nitrogen and oxygen atoms in total. The number of fused-ring (bicyclic) bond motifs is 2. The molecule has 1 aliphatic heterocycles. The van der Waals surface area contributed by atoms with Gasteiger partial charge in [-0.2, -0.15) is 0 Å². The fourth-order valence-corrected chi connectivity index (χ4v) is 4.09. The third-order valence-corrected chi connectivity index (χ3v) is 5.30. The van der Waals surface area contributed by atoms with Gasteiger partial charge in [-0.1, -0.05) is 18.2 Å². The van der Waals surface area contributed by atoms with Crippen molar-refractivity contribution in [2.24, 2.45) is 0 Å². The van der Waals surface area contributed by atoms with Crippen LogP contribution >= 0.6 is 11.3 Å². The summed E-state index contributed by atoms with van der Waals surface area (Å²) in [6, 6.07) is 13.9. The number of hydrogen-bond donors (Lipinski definition) is 1. The van der Waals surface area contributed by atoms with Gasteiger partial charge in [-0.3, -0.25) is 4.90 Å². The highest BCUT2D eigenvalue weighted by molar-refractivity contribution is 7.18. The second kappa shape index (κ2) is 8.22. The van der Waals surface area contributed by atoms with Crippen LogP contribution in [0, 0.1) is 0 Å². The molecular formula is C20H22N2O4S. The van der Waals surface area contributed by atoms with Gasteiger partial charge >= 0.3 is 0 Å². The Kier molecular flexibility index (Phi) is 5.54. The summed E-state index contributed by atoms with van der Waals surface area (Å²) < 4.78 is 17.5. The number of benzene rings is 2. The van der Waals surface area contributed by atoms with Gasteiger partial charge in [-0.05, 0) is 36.9 Å². The normalized spacial score (nSPS) is 14.2. The van der Waals surface area contributed by atoms with E-state index in [0.717, 1.165) is 27.6 Å². The molecule has 0 bridgehead atoms. The van der Waals surface area contributed by atoms with Crippen molar-refractivity contribution in [3.05, 3.63) is 53.0 Å². The van der Waals surface area contributed by atoms with Gasteiger partial charge in [0.2, 0.25) is 6.79 Å². The largest absolute Gasteiger partial charge is 0.454 e. The predicted octanol–water partition coefficient (Wildman–Crippen LogP) is 3.03. The summed E-state index contributed by atoms with van der Waals surface area (Å²) in [7, 11) is 1.98. The first-order valence-corrected chi connectivity index (χ1v) is 9.66. The maximum Gasteiger partial charge on any atom is 0.231 e. The Morgan fingerprint density at radius 2 is 2.07 bits per heavy atom. The van der Waals surface area contributed by atoms with Crippen LogP contribution in [0.15, 0.2) is 42.5 Å². The minimum atomic E-state index is -0.557. The molecule has 1 N–H and O–H groups in total. The van der Waals surface area contributed by atoms with E-state index in [2.05, 4.69) is 16.0 Å². The summed E-state index contributed by atoms with van der Waals surface area (Å²) in [5.74, 6) is 1.50. The highest BCUT2D eigenvalue weighted by Crippen LogP contribution is 2.32. The summed E-state index contributed by atoms with van der Waals surface area (Å²) in [4.78, 5) is 6.69. The van der Waals surface area contributed by atoms with Crippen molar-refractivity contribution >= 4 is 21.6 Å². The number of thiazole rings is 1. The number of hydrogen-bond acceptors (Lipinski definition) is 7. The van der Waals surface area contributed by atoms with Crippen LogP contribution in [0.1, 0.15) is 10.6 Å². The lowest BCUT2D eigenvalue weighted by Gasteiger charge is -2.19. The highest BCUT2D eigenvalue weighted by atomic mass is 32.1. The van der Waals surface area contributed by atoms with Crippen LogP contribution in [0.3, 0.4) is 0 Å². The lowest BCUT2D eigenvalue weighted by atomic mass is 10.2. The third-order valence-electron chi connectivity index (χ3n) is 4.28. The molecule has 0 fully saturated rings. The van der Waals surface area contributed by atoms with Gasteiger partial charge < -0.3 is 19.3 Å². The minimum absolute atomic E-state index is 0.263. The highest BCUT2D eigenvalue weighted by Gasteiger charge is 2.14. The van der Waals surface area contributed by atoms with Crippen LogP contribution in [0.2, 0.25) is 0 Å². The first-order chi connectivity index (χ1) is 13.2. The number of para-hydroxylation sites is 1. The SMILES string of the molecule is CN(Cc1nc2ccccc2s1)C[C@@H](O)COCc1ccc2c(c1)OCO2. The molecule has 3 aromatic rings. The van der Waals surface area contributed by atoms with Gasteiger partial charge in [0.05, 0.1) is 36.1 Å². The summed E-state index contributed by atoms with van der Waals surface area (Å²) in [5.41, 5.74) is 2.02. The molecule has 1 atom stereocenters. The molecule has 2 heterocycles. The Bertz CT molecular complexity index is 881. The lowest BCUT2D eigenvalue weighted by molar-refractivity contribution is 0.0127. The van der Waals surface area contributed by atoms with Crippen LogP contribution in [0.25, 0.3) is 10.2 Å². The van der Waals surface area contributed by atoms with Crippen molar-refractivity contribution in [3.63, 3.8) is 0 Å². The second-order valence-corrected chi connectivity index (χ2v) is 7.74. The molecule has 0 amide bonds. The third kappa shape index (κ3) is 4.56. The Balaban J connectivity index is 1.22. The molecule has 0 radical (unpaired) electrons. The molecule has 4 rings (SSSR count). The first-order valence-electron chi connectivity index (χ1n) is 8.85. The Hall–Kier alpha value is -2.19. The molecular weight excluding hydrogens is 364 g/mol. The van der Waals surface area contributed by atoms with E-state index < -0.39 is 6.10 Å². The predicted molar refractivity (Wildman–Crippen MR) is 104 cm³/mol. The molecule has 1 aromatic heterocycles. The van der Waals surface area contributed by atoms with Gasteiger partial charge in [0.15, 0.2) is 11.5 Å². The molecule has 0 unspecified atom stereocenters. The quantitative estimate of drug-likeness (QED) is 0.642. The van der Waals surface area contributed by atoms with Gasteiger partial charge in [-0.25, -0.2) is 4.98 Å². The fraction of sp³-hybridized carbons (Fsp3) is 0.350. The number of nitrogens with zero attached hydrogens (tertiary/aromatic N) is 2. The minimum Gasteiger partial charge on any atom is -0.454 e. The van der Waals surface area contributed by atoms with Crippen molar-refractivity contribution in [2.45, 2.75) is 19.3 Å². The second-order valence-electron chi connectivity index (χ2n) is 6.63. The zero-order valence-corrected chi connectivity index (χ0v) is 15.9. The molecule has 0 aliphatic carbocycles. The number of ether oxygens (including phenoxy) is 3. The maximum absolute atomic E-state index is 10.2. The van der Waals surface area contributed by atoms with Crippen LogP contribution in [-0.2, 0) is 17.9 Å². The molecule has 0 spiro atoms. The smallest absolute Gasteiger partial charge is 0.231 e. The topological polar surface area (TPSA) is 64.1 Å². The zero-order valence-electron chi connectivity index (χ0n) is 15.1. The first kappa shape index (κ1) is 18.2. The zero-order chi connectivity index (χ0) is 18.6. The number of aliphatic hydroxyl groups is 1. The van der Waals surface area contributed by atoms with Crippen molar-refractivity contribution < 1.29 is 19.3 Å². The van der Waals surface area contributed by atoms with Gasteiger partial charge in [0, 0.05) is 6.54 Å². The number of aromatic nitrogens is 1. The molecule has 7 heteroatoms. The average Bonchev–Trinajstić information content (AvgIpc) is 3.26. The molecule has 1 aliphatic rings. The van der Waals surface area contributed by atoms with Gasteiger partial charge in [0.1, 0.15) is 5.01 Å². The van der Waals surface area contributed by atoms with Crippen molar-refractivity contribution in [3.8, 4) is 11.5 Å². The Labute approximate surface area is 161 Å². The van der Waals surface area contributed by atoms with Crippen molar-refractivity contribution in [1.82, 2.24) is 9.88 Å².